The molecule has 2 rings (SSSR count). The van der Waals surface area contributed by atoms with Crippen LogP contribution in [0, 0.1) is 0 Å². The molecule has 6 heteroatoms. The summed E-state index contributed by atoms with van der Waals surface area (Å²) in [6.45, 7) is 5.55. The Morgan fingerprint density at radius 1 is 1.19 bits per heavy atom. The van der Waals surface area contributed by atoms with Gasteiger partial charge < -0.3 is 15.4 Å². The third-order valence-corrected chi connectivity index (χ3v) is 3.89. The van der Waals surface area contributed by atoms with Gasteiger partial charge in [0.1, 0.15) is 5.60 Å². The second kappa shape index (κ2) is 6.32. The van der Waals surface area contributed by atoms with E-state index in [9.17, 15) is 4.79 Å². The van der Waals surface area contributed by atoms with E-state index in [2.05, 4.69) is 10.6 Å². The van der Waals surface area contributed by atoms with Crippen molar-refractivity contribution in [2.75, 3.05) is 5.32 Å². The molecule has 1 aromatic carbocycles. The van der Waals surface area contributed by atoms with Gasteiger partial charge in [-0.15, -0.1) is 0 Å². The highest BCUT2D eigenvalue weighted by atomic mass is 35.5. The Balaban J connectivity index is 1.74. The lowest BCUT2D eigenvalue weighted by Gasteiger charge is -2.37. The minimum absolute atomic E-state index is 0.153. The lowest BCUT2D eigenvalue weighted by molar-refractivity contribution is 0.0475. The summed E-state index contributed by atoms with van der Waals surface area (Å²) in [5.74, 6) is 0. The highest BCUT2D eigenvalue weighted by molar-refractivity contribution is 6.42. The van der Waals surface area contributed by atoms with Crippen LogP contribution in [-0.4, -0.2) is 23.8 Å². The zero-order chi connectivity index (χ0) is 15.6. The Hall–Kier alpha value is -1.13. The fourth-order valence-electron chi connectivity index (χ4n) is 2.15. The van der Waals surface area contributed by atoms with E-state index in [1.807, 2.05) is 26.8 Å². The molecule has 0 unspecified atom stereocenters. The SMILES string of the molecule is CC(C)(C)OC(=O)NC1CC(Nc2ccc(Cl)c(Cl)c2)C1. The zero-order valence-electron chi connectivity index (χ0n) is 12.4. The van der Waals surface area contributed by atoms with Gasteiger partial charge >= 0.3 is 6.09 Å². The summed E-state index contributed by atoms with van der Waals surface area (Å²) in [6, 6.07) is 5.94. The Bertz CT molecular complexity index is 523. The Kier molecular flexibility index (Phi) is 4.89. The van der Waals surface area contributed by atoms with Crippen molar-refractivity contribution in [3.63, 3.8) is 0 Å². The quantitative estimate of drug-likeness (QED) is 0.860. The smallest absolute Gasteiger partial charge is 0.407 e. The fraction of sp³-hybridized carbons (Fsp3) is 0.533. The van der Waals surface area contributed by atoms with Crippen LogP contribution < -0.4 is 10.6 Å². The predicted octanol–water partition coefficient (Wildman–Crippen LogP) is 4.46. The molecule has 1 aliphatic rings. The van der Waals surface area contributed by atoms with Crippen molar-refractivity contribution in [2.24, 2.45) is 0 Å². The number of carbonyl (C=O) groups is 1. The van der Waals surface area contributed by atoms with Gasteiger partial charge in [-0.25, -0.2) is 4.79 Å². The number of carbonyl (C=O) groups excluding carboxylic acids is 1. The van der Waals surface area contributed by atoms with E-state index in [0.29, 0.717) is 16.1 Å². The van der Waals surface area contributed by atoms with Crippen molar-refractivity contribution in [2.45, 2.75) is 51.3 Å². The van der Waals surface area contributed by atoms with Crippen LogP contribution in [0.1, 0.15) is 33.6 Å². The van der Waals surface area contributed by atoms with Crippen LogP contribution in [0.2, 0.25) is 10.0 Å². The molecule has 0 radical (unpaired) electrons. The number of rotatable bonds is 3. The number of amides is 1. The van der Waals surface area contributed by atoms with E-state index >= 15 is 0 Å². The molecule has 0 atom stereocenters. The molecule has 1 saturated carbocycles. The first-order valence-corrected chi connectivity index (χ1v) is 7.69. The van der Waals surface area contributed by atoms with Crippen LogP contribution in [0.15, 0.2) is 18.2 Å². The first-order valence-electron chi connectivity index (χ1n) is 6.94. The van der Waals surface area contributed by atoms with E-state index in [4.69, 9.17) is 27.9 Å². The van der Waals surface area contributed by atoms with Crippen molar-refractivity contribution in [3.8, 4) is 0 Å². The maximum atomic E-state index is 11.6. The molecule has 1 aromatic rings. The molecular weight excluding hydrogens is 311 g/mol. The van der Waals surface area contributed by atoms with Crippen molar-refractivity contribution >= 4 is 35.0 Å². The number of alkyl carbamates (subject to hydrolysis) is 1. The topological polar surface area (TPSA) is 50.4 Å². The van der Waals surface area contributed by atoms with Gasteiger partial charge in [-0.2, -0.15) is 0 Å². The van der Waals surface area contributed by atoms with Crippen LogP contribution in [0.3, 0.4) is 0 Å². The van der Waals surface area contributed by atoms with E-state index in [-0.39, 0.29) is 12.1 Å². The molecule has 116 valence electrons. The number of nitrogens with one attached hydrogen (secondary N) is 2. The minimum Gasteiger partial charge on any atom is -0.444 e. The molecule has 0 heterocycles. The first-order chi connectivity index (χ1) is 9.73. The first kappa shape index (κ1) is 16.2. The van der Waals surface area contributed by atoms with Gasteiger partial charge in [0.25, 0.3) is 0 Å². The molecule has 0 bridgehead atoms. The van der Waals surface area contributed by atoms with Gasteiger partial charge in [-0.1, -0.05) is 23.2 Å². The third-order valence-electron chi connectivity index (χ3n) is 3.15. The lowest BCUT2D eigenvalue weighted by atomic mass is 9.86. The number of anilines is 1. The summed E-state index contributed by atoms with van der Waals surface area (Å²) in [4.78, 5) is 11.6. The summed E-state index contributed by atoms with van der Waals surface area (Å²) in [6.07, 6.45) is 1.36. The lowest BCUT2D eigenvalue weighted by Crippen LogP contribution is -2.50. The standard InChI is InChI=1S/C15H20Cl2N2O2/c1-15(2,3)21-14(20)19-11-6-10(7-11)18-9-4-5-12(16)13(17)8-9/h4-5,8,10-11,18H,6-7H2,1-3H3,(H,19,20). The molecule has 1 fully saturated rings. The van der Waals surface area contributed by atoms with Gasteiger partial charge in [0.15, 0.2) is 0 Å². The van der Waals surface area contributed by atoms with E-state index < -0.39 is 5.60 Å². The summed E-state index contributed by atoms with van der Waals surface area (Å²) in [5, 5.41) is 7.30. The minimum atomic E-state index is -0.467. The normalized spacial score (nSPS) is 21.4. The van der Waals surface area contributed by atoms with Gasteiger partial charge in [0, 0.05) is 17.8 Å². The highest BCUT2D eigenvalue weighted by Gasteiger charge is 2.31. The number of ether oxygens (including phenoxy) is 1. The monoisotopic (exact) mass is 330 g/mol. The third kappa shape index (κ3) is 4.97. The molecule has 1 amide bonds. The van der Waals surface area contributed by atoms with Crippen LogP contribution >= 0.6 is 23.2 Å². The molecule has 0 aliphatic heterocycles. The molecular formula is C15H20Cl2N2O2. The molecule has 0 spiro atoms. The number of halogens is 2. The zero-order valence-corrected chi connectivity index (χ0v) is 13.9. The van der Waals surface area contributed by atoms with Crippen LogP contribution in [0.5, 0.6) is 0 Å². The van der Waals surface area contributed by atoms with Gasteiger partial charge in [-0.3, -0.25) is 0 Å². The Labute approximate surface area is 135 Å². The van der Waals surface area contributed by atoms with Gasteiger partial charge in [0.2, 0.25) is 0 Å². The van der Waals surface area contributed by atoms with E-state index in [1.54, 1.807) is 12.1 Å². The van der Waals surface area contributed by atoms with Crippen LogP contribution in [-0.2, 0) is 4.74 Å². The summed E-state index contributed by atoms with van der Waals surface area (Å²) in [7, 11) is 0. The van der Waals surface area contributed by atoms with Crippen molar-refractivity contribution in [1.29, 1.82) is 0 Å². The van der Waals surface area contributed by atoms with Gasteiger partial charge in [-0.05, 0) is 51.8 Å². The largest absolute Gasteiger partial charge is 0.444 e. The average molecular weight is 331 g/mol. The molecule has 4 nitrogen and oxygen atoms in total. The predicted molar refractivity (Wildman–Crippen MR) is 86.3 cm³/mol. The van der Waals surface area contributed by atoms with Crippen LogP contribution in [0.4, 0.5) is 10.5 Å². The molecule has 1 aliphatic carbocycles. The van der Waals surface area contributed by atoms with Crippen molar-refractivity contribution in [1.82, 2.24) is 5.32 Å². The maximum Gasteiger partial charge on any atom is 0.407 e. The second-order valence-electron chi connectivity index (χ2n) is 6.28. The molecule has 0 saturated heterocycles. The number of benzene rings is 1. The number of hydrogen-bond acceptors (Lipinski definition) is 3. The fourth-order valence-corrected chi connectivity index (χ4v) is 2.45. The second-order valence-corrected chi connectivity index (χ2v) is 7.10. The Morgan fingerprint density at radius 2 is 1.86 bits per heavy atom. The average Bonchev–Trinajstić information content (AvgIpc) is 2.28. The molecule has 0 aromatic heterocycles. The van der Waals surface area contributed by atoms with E-state index in [0.717, 1.165) is 18.5 Å². The maximum absolute atomic E-state index is 11.6. The molecule has 2 N–H and O–H groups in total. The molecule has 21 heavy (non-hydrogen) atoms. The number of hydrogen-bond donors (Lipinski definition) is 2. The highest BCUT2D eigenvalue weighted by Crippen LogP contribution is 2.29. The van der Waals surface area contributed by atoms with E-state index in [1.165, 1.54) is 0 Å². The van der Waals surface area contributed by atoms with Crippen molar-refractivity contribution < 1.29 is 9.53 Å². The summed E-state index contributed by atoms with van der Waals surface area (Å²) in [5.41, 5.74) is 0.469. The Morgan fingerprint density at radius 3 is 2.43 bits per heavy atom. The summed E-state index contributed by atoms with van der Waals surface area (Å²) < 4.78 is 5.22. The van der Waals surface area contributed by atoms with Crippen molar-refractivity contribution in [3.05, 3.63) is 28.2 Å². The summed E-state index contributed by atoms with van der Waals surface area (Å²) >= 11 is 11.8. The van der Waals surface area contributed by atoms with Crippen LogP contribution in [0.25, 0.3) is 0 Å². The van der Waals surface area contributed by atoms with Gasteiger partial charge in [0.05, 0.1) is 10.0 Å².